The highest BCUT2D eigenvalue weighted by Crippen LogP contribution is 2.15. The number of amides is 1. The van der Waals surface area contributed by atoms with E-state index in [-0.39, 0.29) is 5.91 Å². The van der Waals surface area contributed by atoms with Crippen LogP contribution < -0.4 is 10.6 Å². The minimum Gasteiger partial charge on any atom is -0.353 e. The van der Waals surface area contributed by atoms with Crippen molar-refractivity contribution in [2.45, 2.75) is 52.5 Å². The van der Waals surface area contributed by atoms with E-state index in [1.807, 2.05) is 0 Å². The highest BCUT2D eigenvalue weighted by atomic mass is 16.1. The van der Waals surface area contributed by atoms with E-state index < -0.39 is 0 Å². The van der Waals surface area contributed by atoms with E-state index in [2.05, 4.69) is 36.3 Å². The molecule has 0 aromatic carbocycles. The maximum Gasteiger partial charge on any atom is 0.234 e. The van der Waals surface area contributed by atoms with Gasteiger partial charge in [-0.05, 0) is 58.3 Å². The summed E-state index contributed by atoms with van der Waals surface area (Å²) in [5.41, 5.74) is 0. The number of rotatable bonds is 8. The minimum atomic E-state index is 0.131. The SMILES string of the molecule is CCCC(C)NC(=O)CNCC1CCN(CC)CC1. The van der Waals surface area contributed by atoms with E-state index in [4.69, 9.17) is 0 Å². The first-order valence-electron chi connectivity index (χ1n) is 7.88. The van der Waals surface area contributed by atoms with E-state index in [1.165, 1.54) is 25.9 Å². The van der Waals surface area contributed by atoms with Gasteiger partial charge in [0.2, 0.25) is 5.91 Å². The summed E-state index contributed by atoms with van der Waals surface area (Å²) in [4.78, 5) is 14.2. The molecule has 1 amide bonds. The molecule has 4 heteroatoms. The maximum atomic E-state index is 11.7. The van der Waals surface area contributed by atoms with Gasteiger partial charge < -0.3 is 15.5 Å². The van der Waals surface area contributed by atoms with Crippen LogP contribution in [0.4, 0.5) is 0 Å². The van der Waals surface area contributed by atoms with Gasteiger partial charge >= 0.3 is 0 Å². The molecule has 1 fully saturated rings. The molecule has 0 radical (unpaired) electrons. The molecule has 0 bridgehead atoms. The molecule has 1 aliphatic heterocycles. The first-order chi connectivity index (χ1) is 9.15. The van der Waals surface area contributed by atoms with Crippen LogP contribution in [0.3, 0.4) is 0 Å². The average molecular weight is 269 g/mol. The van der Waals surface area contributed by atoms with Gasteiger partial charge in [0.1, 0.15) is 0 Å². The third kappa shape index (κ3) is 6.92. The van der Waals surface area contributed by atoms with Crippen molar-refractivity contribution in [3.63, 3.8) is 0 Å². The predicted molar refractivity (Wildman–Crippen MR) is 80.2 cm³/mol. The lowest BCUT2D eigenvalue weighted by atomic mass is 9.97. The zero-order valence-electron chi connectivity index (χ0n) is 12.9. The fourth-order valence-corrected chi connectivity index (χ4v) is 2.73. The van der Waals surface area contributed by atoms with Crippen molar-refractivity contribution in [2.24, 2.45) is 5.92 Å². The highest BCUT2D eigenvalue weighted by Gasteiger charge is 2.17. The summed E-state index contributed by atoms with van der Waals surface area (Å²) in [6.45, 7) is 11.5. The van der Waals surface area contributed by atoms with Gasteiger partial charge in [0.25, 0.3) is 0 Å². The molecule has 0 saturated carbocycles. The fraction of sp³-hybridized carbons (Fsp3) is 0.933. The molecule has 0 aromatic heterocycles. The first-order valence-corrected chi connectivity index (χ1v) is 7.88. The van der Waals surface area contributed by atoms with Gasteiger partial charge in [0, 0.05) is 6.04 Å². The molecule has 1 atom stereocenters. The Morgan fingerprint density at radius 3 is 2.58 bits per heavy atom. The summed E-state index contributed by atoms with van der Waals surface area (Å²) in [5, 5.41) is 6.33. The van der Waals surface area contributed by atoms with Crippen LogP contribution in [0.2, 0.25) is 0 Å². The van der Waals surface area contributed by atoms with Crippen molar-refractivity contribution < 1.29 is 4.79 Å². The molecule has 0 aromatic rings. The number of piperidine rings is 1. The first kappa shape index (κ1) is 16.4. The molecule has 112 valence electrons. The van der Waals surface area contributed by atoms with Gasteiger partial charge in [-0.15, -0.1) is 0 Å². The standard InChI is InChI=1S/C15H31N3O/c1-4-6-13(3)17-15(19)12-16-11-14-7-9-18(5-2)10-8-14/h13-14,16H,4-12H2,1-3H3,(H,17,19). The Morgan fingerprint density at radius 2 is 2.00 bits per heavy atom. The quantitative estimate of drug-likeness (QED) is 0.704. The largest absolute Gasteiger partial charge is 0.353 e. The number of likely N-dealkylation sites (tertiary alicyclic amines) is 1. The van der Waals surface area contributed by atoms with Crippen molar-refractivity contribution in [1.29, 1.82) is 0 Å². The van der Waals surface area contributed by atoms with E-state index in [1.54, 1.807) is 0 Å². The van der Waals surface area contributed by atoms with Crippen LogP contribution in [0.15, 0.2) is 0 Å². The van der Waals surface area contributed by atoms with Gasteiger partial charge in [0.15, 0.2) is 0 Å². The second kappa shape index (κ2) is 9.32. The number of carbonyl (C=O) groups excluding carboxylic acids is 1. The van der Waals surface area contributed by atoms with Crippen LogP contribution >= 0.6 is 0 Å². The third-order valence-corrected chi connectivity index (χ3v) is 4.00. The Kier molecular flexibility index (Phi) is 8.07. The summed E-state index contributed by atoms with van der Waals surface area (Å²) in [7, 11) is 0. The van der Waals surface area contributed by atoms with Crippen molar-refractivity contribution in [1.82, 2.24) is 15.5 Å². The van der Waals surface area contributed by atoms with Crippen LogP contribution in [0, 0.1) is 5.92 Å². The molecule has 4 nitrogen and oxygen atoms in total. The topological polar surface area (TPSA) is 44.4 Å². The molecule has 0 aliphatic carbocycles. The molecule has 1 unspecified atom stereocenters. The zero-order chi connectivity index (χ0) is 14.1. The predicted octanol–water partition coefficient (Wildman–Crippen LogP) is 1.61. The molecular weight excluding hydrogens is 238 g/mol. The lowest BCUT2D eigenvalue weighted by Crippen LogP contribution is -2.42. The Hall–Kier alpha value is -0.610. The van der Waals surface area contributed by atoms with E-state index in [0.29, 0.717) is 12.6 Å². The minimum absolute atomic E-state index is 0.131. The maximum absolute atomic E-state index is 11.7. The smallest absolute Gasteiger partial charge is 0.234 e. The third-order valence-electron chi connectivity index (χ3n) is 4.00. The van der Waals surface area contributed by atoms with Crippen LogP contribution in [-0.2, 0) is 4.79 Å². The summed E-state index contributed by atoms with van der Waals surface area (Å²) < 4.78 is 0. The van der Waals surface area contributed by atoms with Crippen molar-refractivity contribution in [3.05, 3.63) is 0 Å². The number of hydrogen-bond acceptors (Lipinski definition) is 3. The van der Waals surface area contributed by atoms with Crippen molar-refractivity contribution in [2.75, 3.05) is 32.7 Å². The Labute approximate surface area is 118 Å². The second-order valence-corrected chi connectivity index (χ2v) is 5.77. The molecule has 1 saturated heterocycles. The van der Waals surface area contributed by atoms with Crippen LogP contribution in [0.5, 0.6) is 0 Å². The second-order valence-electron chi connectivity index (χ2n) is 5.77. The molecule has 0 spiro atoms. The van der Waals surface area contributed by atoms with Crippen molar-refractivity contribution >= 4 is 5.91 Å². The Balaban J connectivity index is 2.05. The summed E-state index contributed by atoms with van der Waals surface area (Å²) >= 11 is 0. The Bertz CT molecular complexity index is 250. The van der Waals surface area contributed by atoms with Crippen molar-refractivity contribution in [3.8, 4) is 0 Å². The number of carbonyl (C=O) groups is 1. The zero-order valence-corrected chi connectivity index (χ0v) is 12.9. The van der Waals surface area contributed by atoms with E-state index >= 15 is 0 Å². The number of hydrogen-bond donors (Lipinski definition) is 2. The van der Waals surface area contributed by atoms with Crippen LogP contribution in [-0.4, -0.2) is 49.6 Å². The number of nitrogens with zero attached hydrogens (tertiary/aromatic N) is 1. The monoisotopic (exact) mass is 269 g/mol. The van der Waals surface area contributed by atoms with Gasteiger partial charge in [-0.3, -0.25) is 4.79 Å². The van der Waals surface area contributed by atoms with Gasteiger partial charge in [-0.1, -0.05) is 20.3 Å². The molecule has 19 heavy (non-hydrogen) atoms. The van der Waals surface area contributed by atoms with Crippen LogP contribution in [0.1, 0.15) is 46.5 Å². The van der Waals surface area contributed by atoms with Gasteiger partial charge in [-0.2, -0.15) is 0 Å². The number of nitrogens with one attached hydrogen (secondary N) is 2. The summed E-state index contributed by atoms with van der Waals surface area (Å²) in [6.07, 6.45) is 4.69. The normalized spacial score (nSPS) is 19.3. The molecular formula is C15H31N3O. The molecule has 1 aliphatic rings. The summed E-state index contributed by atoms with van der Waals surface area (Å²) in [6, 6.07) is 0.298. The van der Waals surface area contributed by atoms with Gasteiger partial charge in [-0.25, -0.2) is 0 Å². The molecule has 1 heterocycles. The molecule has 2 N–H and O–H groups in total. The van der Waals surface area contributed by atoms with E-state index in [9.17, 15) is 4.79 Å². The summed E-state index contributed by atoms with van der Waals surface area (Å²) in [5.74, 6) is 0.871. The lowest BCUT2D eigenvalue weighted by molar-refractivity contribution is -0.120. The lowest BCUT2D eigenvalue weighted by Gasteiger charge is -2.31. The van der Waals surface area contributed by atoms with Gasteiger partial charge in [0.05, 0.1) is 6.54 Å². The Morgan fingerprint density at radius 1 is 1.32 bits per heavy atom. The van der Waals surface area contributed by atoms with E-state index in [0.717, 1.165) is 31.8 Å². The van der Waals surface area contributed by atoms with Crippen LogP contribution in [0.25, 0.3) is 0 Å². The average Bonchev–Trinajstić information content (AvgIpc) is 2.39. The molecule has 1 rings (SSSR count). The fourth-order valence-electron chi connectivity index (χ4n) is 2.73. The highest BCUT2D eigenvalue weighted by molar-refractivity contribution is 5.78.